The van der Waals surface area contributed by atoms with Gasteiger partial charge in [0.05, 0.1) is 11.3 Å². The number of rotatable bonds is 3. The largest absolute Gasteiger partial charge is 0.493 e. The molecule has 3 heteroatoms. The minimum atomic E-state index is 0.153. The van der Waals surface area contributed by atoms with Crippen molar-refractivity contribution >= 4 is 0 Å². The Hall–Kier alpha value is -3.33. The Balaban J connectivity index is 2.01. The standard InChI is InChI=1S/C23H20N2O/c1-16-9-8-13-19(15-16)25-23(26)21(18-11-4-3-5-12-18)22(24-25)20-14-7-6-10-17(20)2/h3-15,26H,1-2H3. The Morgan fingerprint density at radius 3 is 2.27 bits per heavy atom. The Morgan fingerprint density at radius 2 is 1.54 bits per heavy atom. The van der Waals surface area contributed by atoms with Crippen LogP contribution in [0.3, 0.4) is 0 Å². The second kappa shape index (κ2) is 6.52. The molecular weight excluding hydrogens is 320 g/mol. The summed E-state index contributed by atoms with van der Waals surface area (Å²) in [5.41, 5.74) is 6.60. The molecule has 0 amide bonds. The highest BCUT2D eigenvalue weighted by Crippen LogP contribution is 2.40. The summed E-state index contributed by atoms with van der Waals surface area (Å²) >= 11 is 0. The van der Waals surface area contributed by atoms with Crippen molar-refractivity contribution in [3.05, 3.63) is 90.0 Å². The molecule has 0 bridgehead atoms. The van der Waals surface area contributed by atoms with Crippen LogP contribution in [0, 0.1) is 13.8 Å². The molecule has 0 saturated heterocycles. The molecule has 0 aliphatic carbocycles. The lowest BCUT2D eigenvalue weighted by Crippen LogP contribution is -1.96. The SMILES string of the molecule is Cc1cccc(-n2nc(-c3ccccc3C)c(-c3ccccc3)c2O)c1. The minimum Gasteiger partial charge on any atom is -0.493 e. The monoisotopic (exact) mass is 340 g/mol. The van der Waals surface area contributed by atoms with Crippen molar-refractivity contribution in [2.75, 3.05) is 0 Å². The van der Waals surface area contributed by atoms with Crippen LogP contribution in [0.15, 0.2) is 78.9 Å². The Kier molecular flexibility index (Phi) is 4.05. The lowest BCUT2D eigenvalue weighted by Gasteiger charge is -2.06. The van der Waals surface area contributed by atoms with Crippen LogP contribution in [0.2, 0.25) is 0 Å². The molecule has 0 aliphatic rings. The van der Waals surface area contributed by atoms with E-state index in [4.69, 9.17) is 5.10 Å². The van der Waals surface area contributed by atoms with E-state index in [-0.39, 0.29) is 5.88 Å². The van der Waals surface area contributed by atoms with Crippen molar-refractivity contribution in [3.8, 4) is 34.0 Å². The summed E-state index contributed by atoms with van der Waals surface area (Å²) in [5, 5.41) is 15.9. The van der Waals surface area contributed by atoms with Gasteiger partial charge in [-0.2, -0.15) is 5.10 Å². The maximum absolute atomic E-state index is 11.1. The van der Waals surface area contributed by atoms with Gasteiger partial charge in [0.2, 0.25) is 5.88 Å². The molecule has 0 unspecified atom stereocenters. The van der Waals surface area contributed by atoms with Crippen molar-refractivity contribution in [1.82, 2.24) is 9.78 Å². The Morgan fingerprint density at radius 1 is 0.808 bits per heavy atom. The van der Waals surface area contributed by atoms with Gasteiger partial charge >= 0.3 is 0 Å². The summed E-state index contributed by atoms with van der Waals surface area (Å²) in [7, 11) is 0. The fourth-order valence-corrected chi connectivity index (χ4v) is 3.25. The van der Waals surface area contributed by atoms with Gasteiger partial charge in [-0.05, 0) is 42.7 Å². The van der Waals surface area contributed by atoms with E-state index >= 15 is 0 Å². The van der Waals surface area contributed by atoms with Crippen molar-refractivity contribution in [3.63, 3.8) is 0 Å². The lowest BCUT2D eigenvalue weighted by atomic mass is 9.98. The highest BCUT2D eigenvalue weighted by Gasteiger charge is 2.22. The van der Waals surface area contributed by atoms with Gasteiger partial charge in [0.15, 0.2) is 0 Å². The minimum absolute atomic E-state index is 0.153. The quantitative estimate of drug-likeness (QED) is 0.532. The van der Waals surface area contributed by atoms with Crippen molar-refractivity contribution < 1.29 is 5.11 Å². The predicted molar refractivity (Wildman–Crippen MR) is 106 cm³/mol. The van der Waals surface area contributed by atoms with E-state index in [0.29, 0.717) is 0 Å². The molecular formula is C23H20N2O. The zero-order chi connectivity index (χ0) is 18.1. The van der Waals surface area contributed by atoms with E-state index in [0.717, 1.165) is 39.2 Å². The fraction of sp³-hybridized carbons (Fsp3) is 0.0870. The Bertz CT molecular complexity index is 1060. The van der Waals surface area contributed by atoms with E-state index in [1.165, 1.54) is 0 Å². The van der Waals surface area contributed by atoms with Crippen LogP contribution >= 0.6 is 0 Å². The Labute approximate surface area is 153 Å². The van der Waals surface area contributed by atoms with Gasteiger partial charge in [-0.1, -0.05) is 66.7 Å². The van der Waals surface area contributed by atoms with Gasteiger partial charge in [-0.25, -0.2) is 4.68 Å². The van der Waals surface area contributed by atoms with E-state index in [1.54, 1.807) is 4.68 Å². The summed E-state index contributed by atoms with van der Waals surface area (Å²) in [6.07, 6.45) is 0. The first-order valence-electron chi connectivity index (χ1n) is 8.65. The van der Waals surface area contributed by atoms with Crippen LogP contribution in [-0.4, -0.2) is 14.9 Å². The molecule has 3 aromatic carbocycles. The predicted octanol–water partition coefficient (Wildman–Crippen LogP) is 5.53. The second-order valence-electron chi connectivity index (χ2n) is 6.48. The zero-order valence-electron chi connectivity index (χ0n) is 14.8. The normalized spacial score (nSPS) is 10.8. The molecule has 0 fully saturated rings. The van der Waals surface area contributed by atoms with E-state index in [2.05, 4.69) is 13.0 Å². The van der Waals surface area contributed by atoms with Crippen LogP contribution in [0.1, 0.15) is 11.1 Å². The molecule has 3 nitrogen and oxygen atoms in total. The number of aryl methyl sites for hydroxylation is 2. The number of hydrogen-bond donors (Lipinski definition) is 1. The average Bonchev–Trinajstić information content (AvgIpc) is 3.00. The number of aromatic nitrogens is 2. The van der Waals surface area contributed by atoms with Gasteiger partial charge in [-0.15, -0.1) is 0 Å². The summed E-state index contributed by atoms with van der Waals surface area (Å²) in [6, 6.07) is 26.0. The topological polar surface area (TPSA) is 38.0 Å². The molecule has 1 N–H and O–H groups in total. The van der Waals surface area contributed by atoms with Gasteiger partial charge in [0, 0.05) is 5.56 Å². The third-order valence-electron chi connectivity index (χ3n) is 4.57. The maximum atomic E-state index is 11.1. The van der Waals surface area contributed by atoms with Crippen LogP contribution in [0.5, 0.6) is 5.88 Å². The third kappa shape index (κ3) is 2.78. The first-order valence-corrected chi connectivity index (χ1v) is 8.65. The van der Waals surface area contributed by atoms with Crippen molar-refractivity contribution in [2.45, 2.75) is 13.8 Å². The molecule has 0 aliphatic heterocycles. The van der Waals surface area contributed by atoms with Gasteiger partial charge in [0.1, 0.15) is 5.69 Å². The van der Waals surface area contributed by atoms with Gasteiger partial charge in [-0.3, -0.25) is 0 Å². The van der Waals surface area contributed by atoms with Crippen LogP contribution in [-0.2, 0) is 0 Å². The van der Waals surface area contributed by atoms with E-state index in [1.807, 2.05) is 79.7 Å². The molecule has 0 radical (unpaired) electrons. The molecule has 1 aromatic heterocycles. The number of hydrogen-bond acceptors (Lipinski definition) is 2. The van der Waals surface area contributed by atoms with E-state index in [9.17, 15) is 5.11 Å². The van der Waals surface area contributed by atoms with Gasteiger partial charge in [0.25, 0.3) is 0 Å². The maximum Gasteiger partial charge on any atom is 0.222 e. The lowest BCUT2D eigenvalue weighted by molar-refractivity contribution is 0.435. The third-order valence-corrected chi connectivity index (χ3v) is 4.57. The van der Waals surface area contributed by atoms with Crippen LogP contribution in [0.25, 0.3) is 28.1 Å². The highest BCUT2D eigenvalue weighted by molar-refractivity contribution is 5.86. The zero-order valence-corrected chi connectivity index (χ0v) is 14.8. The molecule has 0 atom stereocenters. The van der Waals surface area contributed by atoms with Crippen molar-refractivity contribution in [1.29, 1.82) is 0 Å². The molecule has 4 aromatic rings. The van der Waals surface area contributed by atoms with Crippen molar-refractivity contribution in [2.24, 2.45) is 0 Å². The fourth-order valence-electron chi connectivity index (χ4n) is 3.25. The molecule has 128 valence electrons. The number of nitrogens with zero attached hydrogens (tertiary/aromatic N) is 2. The summed E-state index contributed by atoms with van der Waals surface area (Å²) in [5.74, 6) is 0.153. The van der Waals surface area contributed by atoms with Gasteiger partial charge < -0.3 is 5.11 Å². The molecule has 4 rings (SSSR count). The first-order chi connectivity index (χ1) is 12.6. The highest BCUT2D eigenvalue weighted by atomic mass is 16.3. The molecule has 26 heavy (non-hydrogen) atoms. The second-order valence-corrected chi connectivity index (χ2v) is 6.48. The number of benzene rings is 3. The smallest absolute Gasteiger partial charge is 0.222 e. The van der Waals surface area contributed by atoms with E-state index < -0.39 is 0 Å². The summed E-state index contributed by atoms with van der Waals surface area (Å²) in [4.78, 5) is 0. The summed E-state index contributed by atoms with van der Waals surface area (Å²) in [6.45, 7) is 4.09. The van der Waals surface area contributed by atoms with Crippen LogP contribution < -0.4 is 0 Å². The molecule has 0 saturated carbocycles. The number of aromatic hydroxyl groups is 1. The average molecular weight is 340 g/mol. The molecule has 1 heterocycles. The molecule has 0 spiro atoms. The summed E-state index contributed by atoms with van der Waals surface area (Å²) < 4.78 is 1.62. The van der Waals surface area contributed by atoms with Crippen LogP contribution in [0.4, 0.5) is 0 Å². The first kappa shape index (κ1) is 16.2.